The maximum absolute atomic E-state index is 13.5. The lowest BCUT2D eigenvalue weighted by Gasteiger charge is -2.31. The lowest BCUT2D eigenvalue weighted by molar-refractivity contribution is -0.140. The van der Waals surface area contributed by atoms with Gasteiger partial charge in [-0.3, -0.25) is 4.79 Å². The van der Waals surface area contributed by atoms with Crippen molar-refractivity contribution in [3.8, 4) is 5.75 Å². The van der Waals surface area contributed by atoms with Gasteiger partial charge in [-0.1, -0.05) is 15.9 Å². The molecule has 0 bridgehead atoms. The van der Waals surface area contributed by atoms with Crippen molar-refractivity contribution >= 4 is 21.8 Å². The van der Waals surface area contributed by atoms with E-state index in [4.69, 9.17) is 9.47 Å². The maximum Gasteiger partial charge on any atom is 0.260 e. The Morgan fingerprint density at radius 1 is 1.63 bits per heavy atom. The van der Waals surface area contributed by atoms with Gasteiger partial charge in [0.05, 0.1) is 12.7 Å². The first-order valence-corrected chi connectivity index (χ1v) is 6.83. The van der Waals surface area contributed by atoms with Crippen LogP contribution in [0, 0.1) is 5.82 Å². The fourth-order valence-electron chi connectivity index (χ4n) is 1.87. The molecule has 1 aromatic rings. The molecule has 104 valence electrons. The fourth-order valence-corrected chi connectivity index (χ4v) is 2.20. The van der Waals surface area contributed by atoms with Crippen molar-refractivity contribution in [3.63, 3.8) is 0 Å². The first-order chi connectivity index (χ1) is 9.06. The number of morpholine rings is 1. The minimum atomic E-state index is -0.488. The molecule has 1 aliphatic heterocycles. The summed E-state index contributed by atoms with van der Waals surface area (Å²) >= 11 is 3.16. The van der Waals surface area contributed by atoms with Crippen molar-refractivity contribution in [2.45, 2.75) is 13.0 Å². The molecule has 1 unspecified atom stereocenters. The number of hydrogen-bond donors (Lipinski definition) is 0. The Morgan fingerprint density at radius 3 is 3.11 bits per heavy atom. The standard InChI is InChI=1S/C13H15BrFNO3/c1-9-7-16(4-5-18-9)13(17)8-19-12-3-2-10(14)6-11(12)15/h2-3,6,9H,4-5,7-8H2,1H3. The molecule has 1 fully saturated rings. The highest BCUT2D eigenvalue weighted by Gasteiger charge is 2.21. The predicted molar refractivity (Wildman–Crippen MR) is 71.6 cm³/mol. The molecule has 1 saturated heterocycles. The molecule has 1 aliphatic rings. The highest BCUT2D eigenvalue weighted by atomic mass is 79.9. The average molecular weight is 332 g/mol. The van der Waals surface area contributed by atoms with Crippen LogP contribution in [0.2, 0.25) is 0 Å². The van der Waals surface area contributed by atoms with Crippen LogP contribution in [0.4, 0.5) is 4.39 Å². The van der Waals surface area contributed by atoms with Crippen molar-refractivity contribution in [1.29, 1.82) is 0 Å². The van der Waals surface area contributed by atoms with Crippen LogP contribution >= 0.6 is 15.9 Å². The number of nitrogens with zero attached hydrogens (tertiary/aromatic N) is 1. The first kappa shape index (κ1) is 14.3. The first-order valence-electron chi connectivity index (χ1n) is 6.03. The average Bonchev–Trinajstić information content (AvgIpc) is 2.37. The Labute approximate surface area is 119 Å². The zero-order chi connectivity index (χ0) is 13.8. The number of benzene rings is 1. The quantitative estimate of drug-likeness (QED) is 0.852. The molecule has 0 N–H and O–H groups in total. The van der Waals surface area contributed by atoms with E-state index >= 15 is 0 Å². The van der Waals surface area contributed by atoms with Crippen molar-refractivity contribution in [2.75, 3.05) is 26.3 Å². The minimum Gasteiger partial charge on any atom is -0.481 e. The Kier molecular flexibility index (Phi) is 4.76. The van der Waals surface area contributed by atoms with Gasteiger partial charge < -0.3 is 14.4 Å². The summed E-state index contributed by atoms with van der Waals surface area (Å²) < 4.78 is 24.7. The summed E-state index contributed by atoms with van der Waals surface area (Å²) in [6, 6.07) is 4.46. The molecule has 0 aromatic heterocycles. The number of carbonyl (C=O) groups excluding carboxylic acids is 1. The van der Waals surface area contributed by atoms with E-state index in [1.165, 1.54) is 12.1 Å². The molecular weight excluding hydrogens is 317 g/mol. The Morgan fingerprint density at radius 2 is 2.42 bits per heavy atom. The molecule has 0 radical (unpaired) electrons. The summed E-state index contributed by atoms with van der Waals surface area (Å²) in [5.74, 6) is -0.562. The van der Waals surface area contributed by atoms with Gasteiger partial charge in [0, 0.05) is 17.6 Å². The third-order valence-corrected chi connectivity index (χ3v) is 3.33. The van der Waals surface area contributed by atoms with Crippen molar-refractivity contribution in [2.24, 2.45) is 0 Å². The zero-order valence-corrected chi connectivity index (χ0v) is 12.2. The Bertz CT molecular complexity index is 469. The number of carbonyl (C=O) groups is 1. The van der Waals surface area contributed by atoms with Gasteiger partial charge in [0.15, 0.2) is 18.2 Å². The van der Waals surface area contributed by atoms with Crippen LogP contribution < -0.4 is 4.74 Å². The van der Waals surface area contributed by atoms with Gasteiger partial charge in [-0.2, -0.15) is 0 Å². The van der Waals surface area contributed by atoms with Crippen LogP contribution in [0.5, 0.6) is 5.75 Å². The van der Waals surface area contributed by atoms with E-state index in [2.05, 4.69) is 15.9 Å². The fraction of sp³-hybridized carbons (Fsp3) is 0.462. The van der Waals surface area contributed by atoms with Gasteiger partial charge in [-0.15, -0.1) is 0 Å². The molecule has 1 aromatic carbocycles. The molecule has 6 heteroatoms. The summed E-state index contributed by atoms with van der Waals surface area (Å²) in [5.41, 5.74) is 0. The summed E-state index contributed by atoms with van der Waals surface area (Å²) in [6.45, 7) is 3.37. The number of amides is 1. The SMILES string of the molecule is CC1CN(C(=O)COc2ccc(Br)cc2F)CCO1. The summed E-state index contributed by atoms with van der Waals surface area (Å²) in [6.07, 6.45) is 0.0297. The van der Waals surface area contributed by atoms with Crippen molar-refractivity contribution in [3.05, 3.63) is 28.5 Å². The number of ether oxygens (including phenoxy) is 2. The van der Waals surface area contributed by atoms with Crippen molar-refractivity contribution in [1.82, 2.24) is 4.90 Å². The van der Waals surface area contributed by atoms with Crippen LogP contribution in [-0.4, -0.2) is 43.2 Å². The highest BCUT2D eigenvalue weighted by molar-refractivity contribution is 9.10. The van der Waals surface area contributed by atoms with Crippen LogP contribution in [0.25, 0.3) is 0 Å². The molecular formula is C13H15BrFNO3. The summed E-state index contributed by atoms with van der Waals surface area (Å²) in [5, 5.41) is 0. The van der Waals surface area contributed by atoms with Gasteiger partial charge in [-0.05, 0) is 25.1 Å². The van der Waals surface area contributed by atoms with Crippen LogP contribution in [0.1, 0.15) is 6.92 Å². The molecule has 0 spiro atoms. The van der Waals surface area contributed by atoms with E-state index < -0.39 is 5.82 Å². The Balaban J connectivity index is 1.89. The number of hydrogen-bond acceptors (Lipinski definition) is 3. The van der Waals surface area contributed by atoms with Gasteiger partial charge in [0.1, 0.15) is 0 Å². The zero-order valence-electron chi connectivity index (χ0n) is 10.6. The highest BCUT2D eigenvalue weighted by Crippen LogP contribution is 2.21. The molecule has 0 aliphatic carbocycles. The Hall–Kier alpha value is -1.14. The molecule has 1 amide bonds. The lowest BCUT2D eigenvalue weighted by Crippen LogP contribution is -2.46. The molecule has 4 nitrogen and oxygen atoms in total. The second-order valence-corrected chi connectivity index (χ2v) is 5.30. The smallest absolute Gasteiger partial charge is 0.260 e. The minimum absolute atomic E-state index is 0.0297. The van der Waals surface area contributed by atoms with Crippen LogP contribution in [-0.2, 0) is 9.53 Å². The maximum atomic E-state index is 13.5. The third-order valence-electron chi connectivity index (χ3n) is 2.84. The van der Waals surface area contributed by atoms with E-state index in [1.54, 1.807) is 11.0 Å². The van der Waals surface area contributed by atoms with Gasteiger partial charge in [0.25, 0.3) is 5.91 Å². The van der Waals surface area contributed by atoms with E-state index in [1.807, 2.05) is 6.92 Å². The molecule has 19 heavy (non-hydrogen) atoms. The van der Waals surface area contributed by atoms with Gasteiger partial charge in [0.2, 0.25) is 0 Å². The van der Waals surface area contributed by atoms with E-state index in [0.717, 1.165) is 0 Å². The normalized spacial score (nSPS) is 19.3. The number of rotatable bonds is 3. The molecule has 2 rings (SSSR count). The van der Waals surface area contributed by atoms with Crippen molar-refractivity contribution < 1.29 is 18.7 Å². The van der Waals surface area contributed by atoms with Crippen LogP contribution in [0.15, 0.2) is 22.7 Å². The van der Waals surface area contributed by atoms with Gasteiger partial charge >= 0.3 is 0 Å². The van der Waals surface area contributed by atoms with E-state index in [-0.39, 0.29) is 24.4 Å². The largest absolute Gasteiger partial charge is 0.481 e. The second kappa shape index (κ2) is 6.34. The molecule has 0 saturated carbocycles. The molecule has 1 heterocycles. The van der Waals surface area contributed by atoms with E-state index in [9.17, 15) is 9.18 Å². The summed E-state index contributed by atoms with van der Waals surface area (Å²) in [7, 11) is 0. The topological polar surface area (TPSA) is 38.8 Å². The predicted octanol–water partition coefficient (Wildman–Crippen LogP) is 2.21. The lowest BCUT2D eigenvalue weighted by atomic mass is 10.3. The van der Waals surface area contributed by atoms with E-state index in [0.29, 0.717) is 24.2 Å². The second-order valence-electron chi connectivity index (χ2n) is 4.38. The van der Waals surface area contributed by atoms with Crippen LogP contribution in [0.3, 0.4) is 0 Å². The molecule has 1 atom stereocenters. The number of halogens is 2. The summed E-state index contributed by atoms with van der Waals surface area (Å²) in [4.78, 5) is 13.6. The van der Waals surface area contributed by atoms with Gasteiger partial charge in [-0.25, -0.2) is 4.39 Å². The third kappa shape index (κ3) is 3.91. The monoisotopic (exact) mass is 331 g/mol.